The monoisotopic (exact) mass is 606 g/mol. The van der Waals surface area contributed by atoms with Gasteiger partial charge in [-0.25, -0.2) is 4.98 Å². The van der Waals surface area contributed by atoms with Crippen LogP contribution in [-0.4, -0.2) is 83.7 Å². The first-order valence-corrected chi connectivity index (χ1v) is 14.9. The van der Waals surface area contributed by atoms with Gasteiger partial charge in [0.25, 0.3) is 0 Å². The van der Waals surface area contributed by atoms with Crippen LogP contribution in [0, 0.1) is 10.8 Å². The standard InChI is InChI=1S/C29H38ClF3N8O/c1-2-22-18-40(28-25(30)15-21(16-36-28)38-27(35)26(34)37-20-5-6-20)13-14-41(22)23-9-11-39(12-10-23)17-19-3-7-24(8-4-19)42-29(31,32)33/h3-4,7-8,15-16,20,22-23H,2,5-6,9-14,17-18H2,1H3,(H2,34,37)(H2,35,38). The highest BCUT2D eigenvalue weighted by molar-refractivity contribution is 6.42. The molecular weight excluding hydrogens is 569 g/mol. The first-order valence-electron chi connectivity index (χ1n) is 14.5. The quantitative estimate of drug-likeness (QED) is 0.238. The van der Waals surface area contributed by atoms with Crippen LogP contribution in [0.3, 0.4) is 0 Å². The lowest BCUT2D eigenvalue weighted by atomic mass is 9.98. The van der Waals surface area contributed by atoms with Gasteiger partial charge < -0.3 is 20.3 Å². The number of nitrogens with one attached hydrogen (secondary N) is 4. The number of amidine groups is 2. The van der Waals surface area contributed by atoms with Crippen molar-refractivity contribution in [1.29, 1.82) is 10.8 Å². The summed E-state index contributed by atoms with van der Waals surface area (Å²) >= 11 is 6.66. The lowest BCUT2D eigenvalue weighted by Gasteiger charge is -2.47. The summed E-state index contributed by atoms with van der Waals surface area (Å²) < 4.78 is 41.3. The maximum atomic E-state index is 12.4. The molecule has 0 bridgehead atoms. The lowest BCUT2D eigenvalue weighted by Crippen LogP contribution is -2.58. The summed E-state index contributed by atoms with van der Waals surface area (Å²) in [5, 5.41) is 22.6. The molecule has 228 valence electrons. The smallest absolute Gasteiger partial charge is 0.406 e. The van der Waals surface area contributed by atoms with Crippen molar-refractivity contribution in [3.05, 3.63) is 47.1 Å². The Labute approximate surface area is 249 Å². The topological polar surface area (TPSA) is 104 Å². The maximum Gasteiger partial charge on any atom is 0.573 e. The Morgan fingerprint density at radius 1 is 1.05 bits per heavy atom. The van der Waals surface area contributed by atoms with E-state index in [0.717, 1.165) is 76.2 Å². The average Bonchev–Trinajstić information content (AvgIpc) is 3.77. The molecule has 2 saturated heterocycles. The number of halogens is 4. The predicted octanol–water partition coefficient (Wildman–Crippen LogP) is 5.32. The van der Waals surface area contributed by atoms with Crippen molar-refractivity contribution in [3.8, 4) is 5.75 Å². The molecule has 9 nitrogen and oxygen atoms in total. The molecule has 3 heterocycles. The average molecular weight is 607 g/mol. The van der Waals surface area contributed by atoms with Gasteiger partial charge in [-0.3, -0.25) is 20.6 Å². The van der Waals surface area contributed by atoms with Crippen molar-refractivity contribution in [2.24, 2.45) is 0 Å². The number of pyridine rings is 1. The van der Waals surface area contributed by atoms with Gasteiger partial charge in [-0.05, 0) is 69.0 Å². The van der Waals surface area contributed by atoms with Crippen LogP contribution in [0.5, 0.6) is 5.75 Å². The fourth-order valence-electron chi connectivity index (χ4n) is 5.81. The van der Waals surface area contributed by atoms with E-state index in [-0.39, 0.29) is 17.4 Å². The van der Waals surface area contributed by atoms with E-state index in [1.807, 2.05) is 0 Å². The zero-order chi connectivity index (χ0) is 29.9. The molecular formula is C29H38ClF3N8O. The fraction of sp³-hybridized carbons (Fsp3) is 0.552. The number of piperidine rings is 1. The summed E-state index contributed by atoms with van der Waals surface area (Å²) in [5.41, 5.74) is 1.55. The van der Waals surface area contributed by atoms with Crippen molar-refractivity contribution in [3.63, 3.8) is 0 Å². The fourth-order valence-corrected chi connectivity index (χ4v) is 6.10. The minimum Gasteiger partial charge on any atom is -0.406 e. The molecule has 1 unspecified atom stereocenters. The molecule has 1 aromatic heterocycles. The summed E-state index contributed by atoms with van der Waals surface area (Å²) in [5.74, 6) is 0.600. The normalized spacial score (nSPS) is 20.8. The van der Waals surface area contributed by atoms with Gasteiger partial charge in [0.2, 0.25) is 0 Å². The molecule has 0 amide bonds. The van der Waals surface area contributed by atoms with Crippen LogP contribution in [0.2, 0.25) is 5.02 Å². The van der Waals surface area contributed by atoms with E-state index in [4.69, 9.17) is 22.4 Å². The molecule has 13 heteroatoms. The van der Waals surface area contributed by atoms with Gasteiger partial charge in [-0.2, -0.15) is 0 Å². The number of hydrogen-bond donors (Lipinski definition) is 4. The first-order chi connectivity index (χ1) is 20.1. The first kappa shape index (κ1) is 30.4. The second-order valence-electron chi connectivity index (χ2n) is 11.3. The molecule has 1 aliphatic carbocycles. The Balaban J connectivity index is 1.11. The minimum atomic E-state index is -4.68. The number of likely N-dealkylation sites (tertiary alicyclic amines) is 1. The van der Waals surface area contributed by atoms with Gasteiger partial charge in [-0.15, -0.1) is 13.2 Å². The van der Waals surface area contributed by atoms with Crippen molar-refractivity contribution in [1.82, 2.24) is 20.1 Å². The summed E-state index contributed by atoms with van der Waals surface area (Å²) in [7, 11) is 0. The molecule has 5 rings (SSSR count). The van der Waals surface area contributed by atoms with Gasteiger partial charge >= 0.3 is 6.36 Å². The van der Waals surface area contributed by atoms with Crippen molar-refractivity contribution in [2.45, 2.75) is 70.1 Å². The van der Waals surface area contributed by atoms with Gasteiger partial charge in [0.05, 0.1) is 16.9 Å². The van der Waals surface area contributed by atoms with Gasteiger partial charge in [-0.1, -0.05) is 30.7 Å². The number of alkyl halides is 3. The molecule has 1 saturated carbocycles. The molecule has 2 aromatic rings. The third-order valence-electron chi connectivity index (χ3n) is 8.16. The number of ether oxygens (including phenoxy) is 1. The number of aromatic nitrogens is 1. The van der Waals surface area contributed by atoms with Gasteiger partial charge in [0, 0.05) is 44.3 Å². The van der Waals surface area contributed by atoms with E-state index in [9.17, 15) is 13.2 Å². The van der Waals surface area contributed by atoms with E-state index in [1.165, 1.54) is 12.1 Å². The second-order valence-corrected chi connectivity index (χ2v) is 11.7. The number of benzene rings is 1. The van der Waals surface area contributed by atoms with Crippen LogP contribution in [0.4, 0.5) is 24.7 Å². The minimum absolute atomic E-state index is 0.00772. The SMILES string of the molecule is CCC1CN(c2ncc(NC(=N)C(=N)NC3CC3)cc2Cl)CCN1C1CCN(Cc2ccc(OC(F)(F)F)cc2)CC1. The van der Waals surface area contributed by atoms with Crippen molar-refractivity contribution < 1.29 is 17.9 Å². The molecule has 3 aliphatic rings. The van der Waals surface area contributed by atoms with E-state index in [2.05, 4.69) is 42.0 Å². The number of anilines is 2. The summed E-state index contributed by atoms with van der Waals surface area (Å²) in [6.45, 7) is 7.34. The van der Waals surface area contributed by atoms with Crippen LogP contribution < -0.4 is 20.3 Å². The van der Waals surface area contributed by atoms with E-state index in [0.29, 0.717) is 35.4 Å². The van der Waals surface area contributed by atoms with Crippen LogP contribution in [0.25, 0.3) is 0 Å². The summed E-state index contributed by atoms with van der Waals surface area (Å²) in [6, 6.07) is 9.06. The molecule has 2 aliphatic heterocycles. The molecule has 0 spiro atoms. The molecule has 1 atom stereocenters. The molecule has 4 N–H and O–H groups in total. The van der Waals surface area contributed by atoms with Crippen LogP contribution in [0.15, 0.2) is 36.5 Å². The summed E-state index contributed by atoms with van der Waals surface area (Å²) in [4.78, 5) is 11.8. The highest BCUT2D eigenvalue weighted by Crippen LogP contribution is 2.31. The lowest BCUT2D eigenvalue weighted by molar-refractivity contribution is -0.274. The van der Waals surface area contributed by atoms with E-state index >= 15 is 0 Å². The largest absolute Gasteiger partial charge is 0.573 e. The van der Waals surface area contributed by atoms with Crippen LogP contribution in [-0.2, 0) is 6.54 Å². The maximum absolute atomic E-state index is 12.4. The van der Waals surface area contributed by atoms with E-state index < -0.39 is 6.36 Å². The van der Waals surface area contributed by atoms with Crippen LogP contribution in [0.1, 0.15) is 44.6 Å². The number of rotatable bonds is 8. The number of piperazine rings is 1. The Morgan fingerprint density at radius 2 is 1.76 bits per heavy atom. The van der Waals surface area contributed by atoms with Crippen molar-refractivity contribution in [2.75, 3.05) is 42.9 Å². The Bertz CT molecular complexity index is 1250. The Kier molecular flexibility index (Phi) is 9.44. The number of hydrogen-bond acceptors (Lipinski definition) is 7. The second kappa shape index (κ2) is 13.0. The van der Waals surface area contributed by atoms with Crippen LogP contribution >= 0.6 is 11.6 Å². The Hall–Kier alpha value is -3.09. The summed E-state index contributed by atoms with van der Waals surface area (Å²) in [6.07, 6.45) is 2.15. The number of nitrogens with zero attached hydrogens (tertiary/aromatic N) is 4. The molecule has 42 heavy (non-hydrogen) atoms. The van der Waals surface area contributed by atoms with Crippen molar-refractivity contribution >= 4 is 34.8 Å². The highest BCUT2D eigenvalue weighted by atomic mass is 35.5. The third-order valence-corrected chi connectivity index (χ3v) is 8.43. The molecule has 1 aromatic carbocycles. The zero-order valence-electron chi connectivity index (χ0n) is 23.7. The molecule has 3 fully saturated rings. The zero-order valence-corrected chi connectivity index (χ0v) is 24.4. The Morgan fingerprint density at radius 3 is 2.38 bits per heavy atom. The predicted molar refractivity (Wildman–Crippen MR) is 159 cm³/mol. The van der Waals surface area contributed by atoms with E-state index in [1.54, 1.807) is 24.4 Å². The highest BCUT2D eigenvalue weighted by Gasteiger charge is 2.34. The van der Waals surface area contributed by atoms with Gasteiger partial charge in [0.15, 0.2) is 11.7 Å². The third kappa shape index (κ3) is 8.05. The molecule has 0 radical (unpaired) electrons. The van der Waals surface area contributed by atoms with Gasteiger partial charge in [0.1, 0.15) is 11.6 Å².